The first kappa shape index (κ1) is 23.3. The summed E-state index contributed by atoms with van der Waals surface area (Å²) < 4.78 is 61.7. The summed E-state index contributed by atoms with van der Waals surface area (Å²) >= 11 is 0. The molecule has 11 heteroatoms. The van der Waals surface area contributed by atoms with Gasteiger partial charge in [0.2, 0.25) is 5.82 Å². The molecule has 0 bridgehead atoms. The molecule has 2 N–H and O–H groups in total. The number of carbonyl (C=O) groups excluding carboxylic acids is 1. The van der Waals surface area contributed by atoms with Gasteiger partial charge in [0.05, 0.1) is 23.6 Å². The molecule has 30 heavy (non-hydrogen) atoms. The Morgan fingerprint density at radius 2 is 1.73 bits per heavy atom. The van der Waals surface area contributed by atoms with Crippen molar-refractivity contribution in [1.29, 1.82) is 0 Å². The average molecular weight is 442 g/mol. The van der Waals surface area contributed by atoms with Crippen molar-refractivity contribution in [3.8, 4) is 0 Å². The van der Waals surface area contributed by atoms with Crippen molar-refractivity contribution in [3.05, 3.63) is 65.1 Å². The van der Waals surface area contributed by atoms with Crippen LogP contribution in [0.5, 0.6) is 0 Å². The molecule has 0 aliphatic carbocycles. The van der Waals surface area contributed by atoms with E-state index in [1.807, 2.05) is 0 Å². The predicted octanol–water partition coefficient (Wildman–Crippen LogP) is 3.35. The summed E-state index contributed by atoms with van der Waals surface area (Å²) in [4.78, 5) is 19.9. The highest BCUT2D eigenvalue weighted by atomic mass is 32.2. The van der Waals surface area contributed by atoms with Crippen LogP contribution in [0.1, 0.15) is 41.6 Å². The molecule has 0 saturated heterocycles. The van der Waals surface area contributed by atoms with Crippen LogP contribution in [0.4, 0.5) is 18.9 Å². The van der Waals surface area contributed by atoms with Crippen LogP contribution in [0, 0.1) is 0 Å². The number of anilines is 1. The minimum Gasteiger partial charge on any atom is -0.376 e. The van der Waals surface area contributed by atoms with Crippen LogP contribution in [-0.4, -0.2) is 36.6 Å². The second-order valence-corrected chi connectivity index (χ2v) is 8.60. The van der Waals surface area contributed by atoms with E-state index in [0.717, 1.165) is 17.7 Å². The summed E-state index contributed by atoms with van der Waals surface area (Å²) in [6, 6.07) is 3.97. The Balaban J connectivity index is 2.06. The van der Waals surface area contributed by atoms with E-state index >= 15 is 0 Å². The van der Waals surface area contributed by atoms with Gasteiger partial charge in [0, 0.05) is 23.7 Å². The molecular formula is C19H21F3N4O3S. The zero-order valence-corrected chi connectivity index (χ0v) is 17.3. The lowest BCUT2D eigenvalue weighted by molar-refractivity contribution is -0.138. The SMILES string of the molecule is C[C@H](/C=C/S(C)(=O)=O)NC(=O)c1ncc(N[C@@H](C)c2ccccc2C(F)(F)F)cn1. The van der Waals surface area contributed by atoms with Gasteiger partial charge in [-0.2, -0.15) is 13.2 Å². The third kappa shape index (κ3) is 6.83. The van der Waals surface area contributed by atoms with Crippen LogP contribution in [-0.2, 0) is 16.0 Å². The second-order valence-electron chi connectivity index (χ2n) is 6.67. The molecule has 1 aromatic heterocycles. The van der Waals surface area contributed by atoms with Gasteiger partial charge < -0.3 is 10.6 Å². The minimum absolute atomic E-state index is 0.0679. The maximum atomic E-state index is 13.2. The fourth-order valence-electron chi connectivity index (χ4n) is 2.56. The molecule has 0 radical (unpaired) electrons. The van der Waals surface area contributed by atoms with Crippen molar-refractivity contribution in [1.82, 2.24) is 15.3 Å². The quantitative estimate of drug-likeness (QED) is 0.682. The first-order chi connectivity index (χ1) is 13.9. The van der Waals surface area contributed by atoms with Crippen molar-refractivity contribution < 1.29 is 26.4 Å². The van der Waals surface area contributed by atoms with Crippen molar-refractivity contribution in [2.45, 2.75) is 32.1 Å². The molecule has 0 aliphatic rings. The number of sulfone groups is 1. The Bertz CT molecular complexity index is 1020. The van der Waals surface area contributed by atoms with Crippen LogP contribution in [0.3, 0.4) is 0 Å². The lowest BCUT2D eigenvalue weighted by Crippen LogP contribution is -2.32. The Kier molecular flexibility index (Phi) is 7.19. The van der Waals surface area contributed by atoms with Crippen molar-refractivity contribution in [3.63, 3.8) is 0 Å². The summed E-state index contributed by atoms with van der Waals surface area (Å²) in [6.07, 6.45) is 0.425. The molecular weight excluding hydrogens is 421 g/mol. The number of benzene rings is 1. The van der Waals surface area contributed by atoms with Gasteiger partial charge in [-0.1, -0.05) is 24.3 Å². The monoisotopic (exact) mass is 442 g/mol. The van der Waals surface area contributed by atoms with E-state index in [1.54, 1.807) is 13.8 Å². The third-order valence-corrected chi connectivity index (χ3v) is 4.60. The number of rotatable bonds is 7. The maximum Gasteiger partial charge on any atom is 0.416 e. The fraction of sp³-hybridized carbons (Fsp3) is 0.316. The molecule has 2 atom stereocenters. The van der Waals surface area contributed by atoms with Crippen LogP contribution < -0.4 is 10.6 Å². The van der Waals surface area contributed by atoms with Gasteiger partial charge in [-0.05, 0) is 25.5 Å². The molecule has 0 aliphatic heterocycles. The number of alkyl halides is 3. The summed E-state index contributed by atoms with van der Waals surface area (Å²) in [5.41, 5.74) is -0.336. The first-order valence-electron chi connectivity index (χ1n) is 8.80. The molecule has 1 amide bonds. The van der Waals surface area contributed by atoms with Gasteiger partial charge in [-0.25, -0.2) is 18.4 Å². The zero-order valence-electron chi connectivity index (χ0n) is 16.4. The van der Waals surface area contributed by atoms with Crippen LogP contribution >= 0.6 is 0 Å². The summed E-state index contributed by atoms with van der Waals surface area (Å²) in [6.45, 7) is 3.15. The van der Waals surface area contributed by atoms with E-state index in [4.69, 9.17) is 0 Å². The zero-order chi connectivity index (χ0) is 22.5. The third-order valence-electron chi connectivity index (χ3n) is 3.94. The first-order valence-corrected chi connectivity index (χ1v) is 10.8. The average Bonchev–Trinajstić information content (AvgIpc) is 2.65. The van der Waals surface area contributed by atoms with Crippen LogP contribution in [0.25, 0.3) is 0 Å². The minimum atomic E-state index is -4.48. The Morgan fingerprint density at radius 1 is 1.13 bits per heavy atom. The van der Waals surface area contributed by atoms with Gasteiger partial charge >= 0.3 is 6.18 Å². The number of hydrogen-bond acceptors (Lipinski definition) is 6. The van der Waals surface area contributed by atoms with Gasteiger partial charge in [-0.15, -0.1) is 0 Å². The number of carbonyl (C=O) groups is 1. The normalized spacial score (nSPS) is 14.3. The summed E-state index contributed by atoms with van der Waals surface area (Å²) in [5.74, 6) is -0.786. The van der Waals surface area contributed by atoms with E-state index in [1.165, 1.54) is 36.7 Å². The standard InChI is InChI=1S/C19H21F3N4O3S/c1-12(8-9-30(3,28)29)25-18(27)17-23-10-14(11-24-17)26-13(2)15-6-4-5-7-16(15)19(20,21)22/h4-13,26H,1-3H3,(H,25,27)/b9-8+/t12-,13+/m1/s1. The number of hydrogen-bond donors (Lipinski definition) is 2. The molecule has 0 saturated carbocycles. The van der Waals surface area contributed by atoms with Crippen LogP contribution in [0.15, 0.2) is 48.1 Å². The highest BCUT2D eigenvalue weighted by Gasteiger charge is 2.34. The van der Waals surface area contributed by atoms with E-state index < -0.39 is 39.6 Å². The Hall–Kier alpha value is -2.95. The largest absolute Gasteiger partial charge is 0.416 e. The lowest BCUT2D eigenvalue weighted by atomic mass is 10.0. The molecule has 162 valence electrons. The predicted molar refractivity (Wildman–Crippen MR) is 106 cm³/mol. The van der Waals surface area contributed by atoms with Gasteiger partial charge in [0.1, 0.15) is 0 Å². The van der Waals surface area contributed by atoms with Crippen LogP contribution in [0.2, 0.25) is 0 Å². The summed E-state index contributed by atoms with van der Waals surface area (Å²) in [7, 11) is -3.31. The van der Waals surface area contributed by atoms with Gasteiger partial charge in [0.15, 0.2) is 9.84 Å². The molecule has 1 aromatic carbocycles. The fourth-order valence-corrected chi connectivity index (χ4v) is 3.08. The molecule has 1 heterocycles. The lowest BCUT2D eigenvalue weighted by Gasteiger charge is -2.20. The number of nitrogens with zero attached hydrogens (tertiary/aromatic N) is 2. The number of aromatic nitrogens is 2. The summed E-state index contributed by atoms with van der Waals surface area (Å²) in [5, 5.41) is 6.38. The second kappa shape index (κ2) is 9.24. The van der Waals surface area contributed by atoms with E-state index in [-0.39, 0.29) is 11.4 Å². The molecule has 0 unspecified atom stereocenters. The number of amides is 1. The number of nitrogens with one attached hydrogen (secondary N) is 2. The molecule has 0 fully saturated rings. The van der Waals surface area contributed by atoms with E-state index in [0.29, 0.717) is 5.69 Å². The van der Waals surface area contributed by atoms with Crippen molar-refractivity contribution >= 4 is 21.4 Å². The molecule has 2 rings (SSSR count). The topological polar surface area (TPSA) is 101 Å². The smallest absolute Gasteiger partial charge is 0.376 e. The Morgan fingerprint density at radius 3 is 2.30 bits per heavy atom. The molecule has 2 aromatic rings. The highest BCUT2D eigenvalue weighted by Crippen LogP contribution is 2.35. The van der Waals surface area contributed by atoms with Gasteiger partial charge in [-0.3, -0.25) is 4.79 Å². The van der Waals surface area contributed by atoms with Crippen molar-refractivity contribution in [2.75, 3.05) is 11.6 Å². The van der Waals surface area contributed by atoms with E-state index in [2.05, 4.69) is 20.6 Å². The Labute approximate surface area is 172 Å². The molecule has 0 spiro atoms. The van der Waals surface area contributed by atoms with E-state index in [9.17, 15) is 26.4 Å². The number of halogens is 3. The van der Waals surface area contributed by atoms with Crippen molar-refractivity contribution in [2.24, 2.45) is 0 Å². The maximum absolute atomic E-state index is 13.2. The molecule has 7 nitrogen and oxygen atoms in total. The van der Waals surface area contributed by atoms with Gasteiger partial charge in [0.25, 0.3) is 5.91 Å². The highest BCUT2D eigenvalue weighted by molar-refractivity contribution is 7.93.